The maximum Gasteiger partial charge on any atom is 0.279 e. The highest BCUT2D eigenvalue weighted by molar-refractivity contribution is 7.89. The summed E-state index contributed by atoms with van der Waals surface area (Å²) in [5, 5.41) is 5.21. The summed E-state index contributed by atoms with van der Waals surface area (Å²) in [6.07, 6.45) is 5.46. The fourth-order valence-corrected chi connectivity index (χ4v) is 6.51. The minimum Gasteiger partial charge on any atom is -0.379 e. The molecule has 1 amide bonds. The summed E-state index contributed by atoms with van der Waals surface area (Å²) in [4.78, 5) is 17.2. The minimum atomic E-state index is -3.90. The number of hydrogen-bond donors (Lipinski definition) is 1. The van der Waals surface area contributed by atoms with Gasteiger partial charge in [-0.15, -0.1) is 6.42 Å². The molecule has 0 unspecified atom stereocenters. The van der Waals surface area contributed by atoms with E-state index in [4.69, 9.17) is 16.3 Å². The molecule has 2 N–H and O–H groups in total. The molecule has 178 valence electrons. The highest BCUT2D eigenvalue weighted by Gasteiger charge is 2.26. The van der Waals surface area contributed by atoms with Gasteiger partial charge in [0.2, 0.25) is 20.0 Å². The lowest BCUT2D eigenvalue weighted by atomic mass is 10.2. The molecule has 0 spiro atoms. The first-order chi connectivity index (χ1) is 16.1. The van der Waals surface area contributed by atoms with E-state index in [0.29, 0.717) is 23.4 Å². The number of thiazole rings is 1. The highest BCUT2D eigenvalue weighted by Crippen LogP contribution is 2.22. The molecule has 4 rings (SSSR count). The Morgan fingerprint density at radius 3 is 2.35 bits per heavy atom. The van der Waals surface area contributed by atoms with Crippen molar-refractivity contribution < 1.29 is 26.4 Å². The summed E-state index contributed by atoms with van der Waals surface area (Å²) in [6.45, 7) is 1.32. The van der Waals surface area contributed by atoms with Crippen molar-refractivity contribution in [1.29, 1.82) is 0 Å². The van der Waals surface area contributed by atoms with Crippen LogP contribution in [0.1, 0.15) is 10.4 Å². The Kier molecular flexibility index (Phi) is 6.72. The second-order valence-electron chi connectivity index (χ2n) is 7.31. The molecule has 0 atom stereocenters. The third kappa shape index (κ3) is 4.83. The average Bonchev–Trinajstić information content (AvgIpc) is 3.15. The van der Waals surface area contributed by atoms with Crippen molar-refractivity contribution in [1.82, 2.24) is 8.87 Å². The van der Waals surface area contributed by atoms with Crippen LogP contribution < -0.4 is 9.94 Å². The van der Waals surface area contributed by atoms with E-state index < -0.39 is 26.0 Å². The number of primary sulfonamides is 1. The number of benzene rings is 2. The summed E-state index contributed by atoms with van der Waals surface area (Å²) in [7, 11) is -7.58. The lowest BCUT2D eigenvalue weighted by Crippen LogP contribution is -2.40. The second kappa shape index (κ2) is 9.41. The Morgan fingerprint density at radius 2 is 1.74 bits per heavy atom. The van der Waals surface area contributed by atoms with Gasteiger partial charge in [-0.2, -0.15) is 9.30 Å². The van der Waals surface area contributed by atoms with Gasteiger partial charge in [0.15, 0.2) is 4.80 Å². The van der Waals surface area contributed by atoms with Crippen LogP contribution in [0.3, 0.4) is 0 Å². The minimum absolute atomic E-state index is 0.0657. The number of nitrogens with zero attached hydrogens (tertiary/aromatic N) is 3. The zero-order valence-electron chi connectivity index (χ0n) is 17.7. The van der Waals surface area contributed by atoms with Crippen molar-refractivity contribution in [3.05, 3.63) is 52.8 Å². The number of aromatic nitrogens is 1. The van der Waals surface area contributed by atoms with Gasteiger partial charge >= 0.3 is 0 Å². The van der Waals surface area contributed by atoms with Crippen LogP contribution in [0, 0.1) is 12.3 Å². The van der Waals surface area contributed by atoms with Crippen LogP contribution in [0.15, 0.2) is 57.2 Å². The number of rotatable bonds is 5. The first-order valence-electron chi connectivity index (χ1n) is 9.98. The van der Waals surface area contributed by atoms with E-state index in [1.54, 1.807) is 10.6 Å². The number of morpholine rings is 1. The molecule has 1 aliphatic rings. The third-order valence-electron chi connectivity index (χ3n) is 5.14. The number of nitrogens with two attached hydrogens (primary N) is 1. The van der Waals surface area contributed by atoms with Crippen molar-refractivity contribution in [2.45, 2.75) is 16.3 Å². The van der Waals surface area contributed by atoms with Gasteiger partial charge < -0.3 is 9.30 Å². The molecule has 13 heteroatoms. The molecule has 1 aromatic heterocycles. The number of carbonyl (C=O) groups is 1. The zero-order chi connectivity index (χ0) is 24.5. The molecular formula is C21H20N4O6S3. The lowest BCUT2D eigenvalue weighted by Gasteiger charge is -2.26. The molecule has 34 heavy (non-hydrogen) atoms. The van der Waals surface area contributed by atoms with Crippen molar-refractivity contribution in [3.8, 4) is 12.3 Å². The van der Waals surface area contributed by atoms with Gasteiger partial charge in [0.05, 0.1) is 39.8 Å². The molecule has 0 saturated carbocycles. The highest BCUT2D eigenvalue weighted by atomic mass is 32.2. The molecule has 1 fully saturated rings. The average molecular weight is 521 g/mol. The van der Waals surface area contributed by atoms with E-state index in [0.717, 1.165) is 11.3 Å². The molecule has 2 aromatic carbocycles. The van der Waals surface area contributed by atoms with Crippen LogP contribution in [-0.2, 0) is 31.3 Å². The van der Waals surface area contributed by atoms with Gasteiger partial charge in [0.1, 0.15) is 0 Å². The van der Waals surface area contributed by atoms with Crippen molar-refractivity contribution in [2.24, 2.45) is 10.1 Å². The molecule has 1 saturated heterocycles. The van der Waals surface area contributed by atoms with Crippen LogP contribution in [-0.4, -0.2) is 57.9 Å². The van der Waals surface area contributed by atoms with Gasteiger partial charge in [-0.3, -0.25) is 4.79 Å². The van der Waals surface area contributed by atoms with Crippen molar-refractivity contribution in [3.63, 3.8) is 0 Å². The Bertz CT molecular complexity index is 1570. The predicted molar refractivity (Wildman–Crippen MR) is 126 cm³/mol. The number of ether oxygens (including phenoxy) is 1. The van der Waals surface area contributed by atoms with Crippen molar-refractivity contribution in [2.75, 3.05) is 26.3 Å². The largest absolute Gasteiger partial charge is 0.379 e. The van der Waals surface area contributed by atoms with E-state index in [1.807, 2.05) is 0 Å². The van der Waals surface area contributed by atoms with E-state index in [9.17, 15) is 21.6 Å². The van der Waals surface area contributed by atoms with Crippen LogP contribution in [0.4, 0.5) is 0 Å². The quantitative estimate of drug-likeness (QED) is 0.492. The van der Waals surface area contributed by atoms with Crippen LogP contribution in [0.25, 0.3) is 10.2 Å². The molecular weight excluding hydrogens is 500 g/mol. The topological polar surface area (TPSA) is 141 Å². The van der Waals surface area contributed by atoms with Gasteiger partial charge in [0.25, 0.3) is 5.91 Å². The maximum atomic E-state index is 12.8. The normalized spacial score (nSPS) is 15.9. The lowest BCUT2D eigenvalue weighted by molar-refractivity contribution is 0.0730. The van der Waals surface area contributed by atoms with E-state index >= 15 is 0 Å². The summed E-state index contributed by atoms with van der Waals surface area (Å²) in [6, 6.07) is 9.85. The number of sulfonamides is 2. The van der Waals surface area contributed by atoms with Crippen LogP contribution >= 0.6 is 11.3 Å². The first kappa shape index (κ1) is 24.3. The fourth-order valence-electron chi connectivity index (χ4n) is 3.42. The monoisotopic (exact) mass is 520 g/mol. The maximum absolute atomic E-state index is 12.8. The smallest absolute Gasteiger partial charge is 0.279 e. The molecule has 0 aliphatic carbocycles. The van der Waals surface area contributed by atoms with Gasteiger partial charge in [-0.1, -0.05) is 17.3 Å². The summed E-state index contributed by atoms with van der Waals surface area (Å²) >= 11 is 1.09. The predicted octanol–water partition coefficient (Wildman–Crippen LogP) is 0.745. The molecule has 3 aromatic rings. The molecule has 1 aliphatic heterocycles. The number of fused-ring (bicyclic) bond motifs is 1. The zero-order valence-corrected chi connectivity index (χ0v) is 20.2. The molecule has 0 bridgehead atoms. The second-order valence-corrected chi connectivity index (χ2v) is 11.8. The number of amides is 1. The Balaban J connectivity index is 1.69. The number of carbonyl (C=O) groups excluding carboxylic acids is 1. The molecule has 2 heterocycles. The van der Waals surface area contributed by atoms with Gasteiger partial charge in [-0.25, -0.2) is 22.0 Å². The Hall–Kier alpha value is -2.86. The standard InChI is InChI=1S/C21H20N4O6S3/c1-2-9-25-18-8-7-17(33(22,27)28)14-19(18)32-21(25)23-20(26)15-3-5-16(6-4-15)34(29,30)24-10-12-31-13-11-24/h1,3-8,14H,9-13H2,(H2,22,27,28). The van der Waals surface area contributed by atoms with Crippen LogP contribution in [0.2, 0.25) is 0 Å². The van der Waals surface area contributed by atoms with E-state index in [2.05, 4.69) is 10.9 Å². The number of terminal acetylenes is 1. The summed E-state index contributed by atoms with van der Waals surface area (Å²) in [5.74, 6) is 1.89. The van der Waals surface area contributed by atoms with Crippen LogP contribution in [0.5, 0.6) is 0 Å². The first-order valence-corrected chi connectivity index (χ1v) is 13.8. The Labute approximate surface area is 200 Å². The van der Waals surface area contributed by atoms with Crippen molar-refractivity contribution >= 4 is 47.5 Å². The summed E-state index contributed by atoms with van der Waals surface area (Å²) in [5.41, 5.74) is 0.796. The molecule has 0 radical (unpaired) electrons. The van der Waals surface area contributed by atoms with Gasteiger partial charge in [-0.05, 0) is 42.5 Å². The number of hydrogen-bond acceptors (Lipinski definition) is 7. The fraction of sp³-hybridized carbons (Fsp3) is 0.238. The van der Waals surface area contributed by atoms with E-state index in [-0.39, 0.29) is 39.8 Å². The van der Waals surface area contributed by atoms with Gasteiger partial charge in [0, 0.05) is 18.7 Å². The van der Waals surface area contributed by atoms with E-state index in [1.165, 1.54) is 40.7 Å². The SMILES string of the molecule is C#CCn1c(=NC(=O)c2ccc(S(=O)(=O)N3CCOCC3)cc2)sc2cc(S(N)(=O)=O)ccc21. The summed E-state index contributed by atoms with van der Waals surface area (Å²) < 4.78 is 57.6. The Morgan fingerprint density at radius 1 is 1.09 bits per heavy atom. The molecule has 10 nitrogen and oxygen atoms in total. The third-order valence-corrected chi connectivity index (χ3v) is 9.00.